The van der Waals surface area contributed by atoms with Gasteiger partial charge in [-0.15, -0.1) is 12.4 Å². The molecule has 112 valence electrons. The van der Waals surface area contributed by atoms with Gasteiger partial charge >= 0.3 is 0 Å². The standard InChI is InChI=1S/C14H26N2O2.ClH/c1-10-2-4-11(5-3-10)6-14(18)16-8-12-7-15-9-13(12)17;/h10-13,15,17H,2-9H2,1H3,(H,16,18);1H. The summed E-state index contributed by atoms with van der Waals surface area (Å²) in [5, 5.41) is 15.7. The molecule has 2 fully saturated rings. The summed E-state index contributed by atoms with van der Waals surface area (Å²) in [6, 6.07) is 0. The Morgan fingerprint density at radius 1 is 1.26 bits per heavy atom. The monoisotopic (exact) mass is 290 g/mol. The molecule has 2 rings (SSSR count). The van der Waals surface area contributed by atoms with E-state index in [1.54, 1.807) is 0 Å². The molecule has 0 spiro atoms. The molecule has 1 amide bonds. The fourth-order valence-electron chi connectivity index (χ4n) is 3.04. The molecule has 4 nitrogen and oxygen atoms in total. The second kappa shape index (κ2) is 8.08. The number of hydrogen-bond acceptors (Lipinski definition) is 3. The summed E-state index contributed by atoms with van der Waals surface area (Å²) in [5.74, 6) is 1.76. The number of hydrogen-bond donors (Lipinski definition) is 3. The van der Waals surface area contributed by atoms with Crippen molar-refractivity contribution in [3.63, 3.8) is 0 Å². The predicted molar refractivity (Wildman–Crippen MR) is 78.4 cm³/mol. The van der Waals surface area contributed by atoms with Crippen molar-refractivity contribution in [3.8, 4) is 0 Å². The lowest BCUT2D eigenvalue weighted by Gasteiger charge is -2.25. The summed E-state index contributed by atoms with van der Waals surface area (Å²) in [4.78, 5) is 11.8. The Morgan fingerprint density at radius 2 is 1.95 bits per heavy atom. The van der Waals surface area contributed by atoms with Crippen molar-refractivity contribution in [2.75, 3.05) is 19.6 Å². The highest BCUT2D eigenvalue weighted by Gasteiger charge is 2.26. The van der Waals surface area contributed by atoms with Gasteiger partial charge in [-0.05, 0) is 24.7 Å². The number of β-amino-alcohol motifs (C(OH)–C–C–N with tert-alkyl or cyclic N) is 1. The largest absolute Gasteiger partial charge is 0.391 e. The zero-order valence-electron chi connectivity index (χ0n) is 11.7. The Hall–Kier alpha value is -0.320. The molecule has 19 heavy (non-hydrogen) atoms. The maximum absolute atomic E-state index is 11.8. The van der Waals surface area contributed by atoms with Gasteiger partial charge in [0.05, 0.1) is 6.10 Å². The zero-order valence-corrected chi connectivity index (χ0v) is 12.5. The molecule has 1 saturated heterocycles. The molecule has 0 bridgehead atoms. The van der Waals surface area contributed by atoms with Crippen LogP contribution in [0.1, 0.15) is 39.0 Å². The third-order valence-electron chi connectivity index (χ3n) is 4.48. The smallest absolute Gasteiger partial charge is 0.220 e. The molecule has 2 unspecified atom stereocenters. The summed E-state index contributed by atoms with van der Waals surface area (Å²) >= 11 is 0. The van der Waals surface area contributed by atoms with Crippen molar-refractivity contribution in [2.45, 2.75) is 45.1 Å². The minimum atomic E-state index is -0.305. The van der Waals surface area contributed by atoms with Gasteiger partial charge in [0.1, 0.15) is 0 Å². The van der Waals surface area contributed by atoms with Gasteiger partial charge in [-0.1, -0.05) is 19.8 Å². The van der Waals surface area contributed by atoms with Gasteiger partial charge in [-0.3, -0.25) is 4.79 Å². The van der Waals surface area contributed by atoms with Crippen LogP contribution in [0, 0.1) is 17.8 Å². The van der Waals surface area contributed by atoms with E-state index in [-0.39, 0.29) is 30.3 Å². The lowest BCUT2D eigenvalue weighted by atomic mass is 9.81. The summed E-state index contributed by atoms with van der Waals surface area (Å²) in [6.45, 7) is 4.37. The van der Waals surface area contributed by atoms with E-state index in [1.165, 1.54) is 25.7 Å². The topological polar surface area (TPSA) is 61.4 Å². The number of carbonyl (C=O) groups excluding carboxylic acids is 1. The number of carbonyl (C=O) groups is 1. The van der Waals surface area contributed by atoms with E-state index >= 15 is 0 Å². The van der Waals surface area contributed by atoms with Gasteiger partial charge in [-0.25, -0.2) is 0 Å². The number of amides is 1. The third kappa shape index (κ3) is 5.28. The lowest BCUT2D eigenvalue weighted by molar-refractivity contribution is -0.122. The molecule has 0 aromatic heterocycles. The van der Waals surface area contributed by atoms with E-state index in [0.717, 1.165) is 12.5 Å². The Kier molecular flexibility index (Phi) is 7.11. The zero-order chi connectivity index (χ0) is 13.0. The Labute approximate surface area is 122 Å². The maximum atomic E-state index is 11.8. The van der Waals surface area contributed by atoms with Crippen LogP contribution in [-0.2, 0) is 4.79 Å². The average Bonchev–Trinajstić information content (AvgIpc) is 2.75. The van der Waals surface area contributed by atoms with Gasteiger partial charge in [0.25, 0.3) is 0 Å². The van der Waals surface area contributed by atoms with Crippen LogP contribution in [0.3, 0.4) is 0 Å². The van der Waals surface area contributed by atoms with Gasteiger partial charge in [-0.2, -0.15) is 0 Å². The third-order valence-corrected chi connectivity index (χ3v) is 4.48. The van der Waals surface area contributed by atoms with Gasteiger partial charge in [0.2, 0.25) is 5.91 Å². The minimum Gasteiger partial charge on any atom is -0.391 e. The van der Waals surface area contributed by atoms with Crippen LogP contribution in [0.2, 0.25) is 0 Å². The van der Waals surface area contributed by atoms with Crippen molar-refractivity contribution in [3.05, 3.63) is 0 Å². The summed E-state index contributed by atoms with van der Waals surface area (Å²) in [7, 11) is 0. The molecule has 3 N–H and O–H groups in total. The van der Waals surface area contributed by atoms with Crippen LogP contribution in [0.5, 0.6) is 0 Å². The number of rotatable bonds is 4. The molecule has 0 aromatic carbocycles. The van der Waals surface area contributed by atoms with E-state index < -0.39 is 0 Å². The summed E-state index contributed by atoms with van der Waals surface area (Å²) < 4.78 is 0. The van der Waals surface area contributed by atoms with E-state index in [2.05, 4.69) is 17.6 Å². The van der Waals surface area contributed by atoms with Crippen LogP contribution < -0.4 is 10.6 Å². The highest BCUT2D eigenvalue weighted by molar-refractivity contribution is 5.85. The first-order valence-electron chi connectivity index (χ1n) is 7.30. The van der Waals surface area contributed by atoms with Crippen molar-refractivity contribution in [2.24, 2.45) is 17.8 Å². The predicted octanol–water partition coefficient (Wildman–Crippen LogP) is 1.32. The van der Waals surface area contributed by atoms with Crippen LogP contribution in [-0.4, -0.2) is 36.8 Å². The van der Waals surface area contributed by atoms with Crippen LogP contribution in [0.15, 0.2) is 0 Å². The highest BCUT2D eigenvalue weighted by atomic mass is 35.5. The molecule has 1 saturated carbocycles. The normalized spacial score (nSPS) is 34.6. The molecule has 2 atom stereocenters. The number of nitrogens with one attached hydrogen (secondary N) is 2. The Bertz CT molecular complexity index is 281. The number of aliphatic hydroxyl groups is 1. The molecular weight excluding hydrogens is 264 g/mol. The molecule has 1 aliphatic heterocycles. The summed E-state index contributed by atoms with van der Waals surface area (Å²) in [5.41, 5.74) is 0. The number of aliphatic hydroxyl groups excluding tert-OH is 1. The van der Waals surface area contributed by atoms with E-state index in [9.17, 15) is 9.90 Å². The second-order valence-corrected chi connectivity index (χ2v) is 6.12. The first-order chi connectivity index (χ1) is 8.65. The maximum Gasteiger partial charge on any atom is 0.220 e. The van der Waals surface area contributed by atoms with E-state index in [0.29, 0.717) is 25.4 Å². The first-order valence-corrected chi connectivity index (χ1v) is 7.30. The highest BCUT2D eigenvalue weighted by Crippen LogP contribution is 2.30. The fourth-order valence-corrected chi connectivity index (χ4v) is 3.04. The van der Waals surface area contributed by atoms with Gasteiger partial charge in [0, 0.05) is 32.0 Å². The van der Waals surface area contributed by atoms with Crippen LogP contribution in [0.4, 0.5) is 0 Å². The first kappa shape index (κ1) is 16.7. The van der Waals surface area contributed by atoms with Crippen molar-refractivity contribution in [1.29, 1.82) is 0 Å². The van der Waals surface area contributed by atoms with Crippen molar-refractivity contribution >= 4 is 18.3 Å². The molecule has 1 aliphatic carbocycles. The average molecular weight is 291 g/mol. The Morgan fingerprint density at radius 3 is 2.53 bits per heavy atom. The molecule has 0 radical (unpaired) electrons. The molecular formula is C14H27ClN2O2. The van der Waals surface area contributed by atoms with Crippen molar-refractivity contribution in [1.82, 2.24) is 10.6 Å². The SMILES string of the molecule is CC1CCC(CC(=O)NCC2CNCC2O)CC1.Cl. The fraction of sp³-hybridized carbons (Fsp3) is 0.929. The molecule has 0 aromatic rings. The molecule has 2 aliphatic rings. The van der Waals surface area contributed by atoms with Crippen LogP contribution >= 0.6 is 12.4 Å². The van der Waals surface area contributed by atoms with Gasteiger partial charge < -0.3 is 15.7 Å². The van der Waals surface area contributed by atoms with Gasteiger partial charge in [0.15, 0.2) is 0 Å². The molecule has 1 heterocycles. The van der Waals surface area contributed by atoms with Crippen molar-refractivity contribution < 1.29 is 9.90 Å². The Balaban J connectivity index is 0.00000180. The quantitative estimate of drug-likeness (QED) is 0.732. The second-order valence-electron chi connectivity index (χ2n) is 6.12. The summed E-state index contributed by atoms with van der Waals surface area (Å²) in [6.07, 6.45) is 5.29. The van der Waals surface area contributed by atoms with Crippen LogP contribution in [0.25, 0.3) is 0 Å². The van der Waals surface area contributed by atoms with E-state index in [1.807, 2.05) is 0 Å². The number of halogens is 1. The minimum absolute atomic E-state index is 0. The van der Waals surface area contributed by atoms with E-state index in [4.69, 9.17) is 0 Å². The lowest BCUT2D eigenvalue weighted by Crippen LogP contribution is -2.35. The molecule has 5 heteroatoms.